The van der Waals surface area contributed by atoms with E-state index in [-0.39, 0.29) is 16.6 Å². The van der Waals surface area contributed by atoms with Crippen LogP contribution in [0.1, 0.15) is 16.8 Å². The van der Waals surface area contributed by atoms with E-state index in [0.29, 0.717) is 12.2 Å². The van der Waals surface area contributed by atoms with E-state index < -0.39 is 37.4 Å². The lowest BCUT2D eigenvalue weighted by atomic mass is 10.2. The molecule has 0 fully saturated rings. The van der Waals surface area contributed by atoms with E-state index in [1.54, 1.807) is 6.26 Å². The summed E-state index contributed by atoms with van der Waals surface area (Å²) in [6.45, 7) is 0.242. The van der Waals surface area contributed by atoms with Gasteiger partial charge in [-0.1, -0.05) is 0 Å². The second-order valence-electron chi connectivity index (χ2n) is 4.20. The highest BCUT2D eigenvalue weighted by molar-refractivity contribution is 9.10. The molecule has 0 aliphatic carbocycles. The molecular formula is C11H14BrFN2O4S2. The number of amides is 1. The van der Waals surface area contributed by atoms with Gasteiger partial charge in [0.1, 0.15) is 5.82 Å². The van der Waals surface area contributed by atoms with Crippen molar-refractivity contribution in [3.05, 3.63) is 28.0 Å². The molecule has 0 saturated heterocycles. The van der Waals surface area contributed by atoms with Crippen molar-refractivity contribution in [1.82, 2.24) is 5.32 Å². The summed E-state index contributed by atoms with van der Waals surface area (Å²) in [4.78, 5) is 11.4. The number of carbonyl (C=O) groups is 1. The molecule has 1 aromatic rings. The summed E-state index contributed by atoms with van der Waals surface area (Å²) in [6.07, 6.45) is 2.03. The number of carbonyl (C=O) groups excluding carboxylic acids is 1. The zero-order chi connectivity index (χ0) is 16.2. The lowest BCUT2D eigenvalue weighted by Gasteiger charge is -2.10. The number of halogens is 2. The molecule has 0 radical (unpaired) electrons. The monoisotopic (exact) mass is 400 g/mol. The second-order valence-corrected chi connectivity index (χ2v) is 8.07. The summed E-state index contributed by atoms with van der Waals surface area (Å²) in [7, 11) is -5.12. The number of rotatable bonds is 6. The van der Waals surface area contributed by atoms with Crippen LogP contribution >= 0.6 is 15.9 Å². The Hall–Kier alpha value is -0.840. The summed E-state index contributed by atoms with van der Waals surface area (Å²) in [5.74, 6) is -1.11. The van der Waals surface area contributed by atoms with Crippen molar-refractivity contribution >= 4 is 42.7 Å². The van der Waals surface area contributed by atoms with Crippen LogP contribution in [0.5, 0.6) is 0 Å². The molecule has 1 rings (SSSR count). The van der Waals surface area contributed by atoms with Gasteiger partial charge in [0.15, 0.2) is 0 Å². The average Bonchev–Trinajstić information content (AvgIpc) is 2.35. The number of primary sulfonamides is 1. The second kappa shape index (κ2) is 7.43. The quantitative estimate of drug-likeness (QED) is 0.686. The number of nitrogens with two attached hydrogens (primary N) is 1. The maximum Gasteiger partial charge on any atom is 0.252 e. The number of hydrogen-bond donors (Lipinski definition) is 2. The molecule has 0 heterocycles. The van der Waals surface area contributed by atoms with Gasteiger partial charge in [-0.25, -0.2) is 17.9 Å². The molecule has 6 nitrogen and oxygen atoms in total. The lowest BCUT2D eigenvalue weighted by molar-refractivity contribution is 0.0952. The molecule has 118 valence electrons. The highest BCUT2D eigenvalue weighted by atomic mass is 79.9. The molecule has 3 N–H and O–H groups in total. The normalized spacial score (nSPS) is 13.0. The molecule has 0 aliphatic rings. The van der Waals surface area contributed by atoms with Gasteiger partial charge in [0, 0.05) is 29.4 Å². The van der Waals surface area contributed by atoms with Gasteiger partial charge in [0.25, 0.3) is 5.91 Å². The highest BCUT2D eigenvalue weighted by Gasteiger charge is 2.21. The molecule has 1 amide bonds. The summed E-state index contributed by atoms with van der Waals surface area (Å²) < 4.78 is 46.9. The smallest absolute Gasteiger partial charge is 0.252 e. The Morgan fingerprint density at radius 2 is 2.10 bits per heavy atom. The number of hydrogen-bond acceptors (Lipinski definition) is 4. The van der Waals surface area contributed by atoms with E-state index in [1.807, 2.05) is 0 Å². The van der Waals surface area contributed by atoms with Crippen LogP contribution in [-0.4, -0.2) is 37.1 Å². The SMILES string of the molecule is CS(=O)CCCNC(=O)c1cc(F)cc(S(N)(=O)=O)c1Br. The van der Waals surface area contributed by atoms with Crippen LogP contribution in [-0.2, 0) is 20.8 Å². The summed E-state index contributed by atoms with van der Waals surface area (Å²) in [5, 5.41) is 7.46. The minimum Gasteiger partial charge on any atom is -0.352 e. The summed E-state index contributed by atoms with van der Waals surface area (Å²) in [5.41, 5.74) is -0.170. The molecule has 0 aliphatic heterocycles. The summed E-state index contributed by atoms with van der Waals surface area (Å²) >= 11 is 2.95. The van der Waals surface area contributed by atoms with Gasteiger partial charge in [-0.05, 0) is 34.5 Å². The molecule has 0 spiro atoms. The third kappa shape index (κ3) is 5.46. The van der Waals surface area contributed by atoms with Crippen LogP contribution in [0.4, 0.5) is 4.39 Å². The molecule has 1 atom stereocenters. The number of benzene rings is 1. The minimum atomic E-state index is -4.16. The molecule has 1 unspecified atom stereocenters. The Kier molecular flexibility index (Phi) is 6.44. The zero-order valence-corrected chi connectivity index (χ0v) is 14.3. The third-order valence-electron chi connectivity index (χ3n) is 2.45. The molecule has 0 aromatic heterocycles. The largest absolute Gasteiger partial charge is 0.352 e. The topological polar surface area (TPSA) is 106 Å². The molecule has 0 saturated carbocycles. The standard InChI is InChI=1S/C11H14BrFN2O4S2/c1-20(17)4-2-3-15-11(16)8-5-7(13)6-9(10(8)12)21(14,18)19/h5-6H,2-4H2,1H3,(H,15,16)(H2,14,18,19). The van der Waals surface area contributed by atoms with Gasteiger partial charge in [0.2, 0.25) is 10.0 Å². The Balaban J connectivity index is 2.95. The van der Waals surface area contributed by atoms with Crippen LogP contribution in [0.25, 0.3) is 0 Å². The fourth-order valence-corrected chi connectivity index (χ4v) is 3.78. The van der Waals surface area contributed by atoms with Gasteiger partial charge in [-0.15, -0.1) is 0 Å². The van der Waals surface area contributed by atoms with Crippen molar-refractivity contribution < 1.29 is 21.8 Å². The predicted molar refractivity (Wildman–Crippen MR) is 81.4 cm³/mol. The van der Waals surface area contributed by atoms with Crippen molar-refractivity contribution in [2.45, 2.75) is 11.3 Å². The maximum atomic E-state index is 13.4. The van der Waals surface area contributed by atoms with E-state index in [0.717, 1.165) is 12.1 Å². The Labute approximate surface area is 132 Å². The molecule has 1 aromatic carbocycles. The zero-order valence-electron chi connectivity index (χ0n) is 11.1. The van der Waals surface area contributed by atoms with Crippen LogP contribution < -0.4 is 10.5 Å². The first-order valence-electron chi connectivity index (χ1n) is 5.73. The van der Waals surface area contributed by atoms with Crippen LogP contribution in [0.2, 0.25) is 0 Å². The van der Waals surface area contributed by atoms with Crippen LogP contribution in [0, 0.1) is 5.82 Å². The molecular weight excluding hydrogens is 387 g/mol. The predicted octanol–water partition coefficient (Wildman–Crippen LogP) is 0.734. The van der Waals surface area contributed by atoms with E-state index in [2.05, 4.69) is 21.2 Å². The molecule has 0 bridgehead atoms. The van der Waals surface area contributed by atoms with Gasteiger partial charge >= 0.3 is 0 Å². The van der Waals surface area contributed by atoms with Crippen molar-refractivity contribution in [1.29, 1.82) is 0 Å². The Morgan fingerprint density at radius 3 is 2.62 bits per heavy atom. The van der Waals surface area contributed by atoms with E-state index in [9.17, 15) is 21.8 Å². The molecule has 21 heavy (non-hydrogen) atoms. The van der Waals surface area contributed by atoms with Crippen LogP contribution in [0.15, 0.2) is 21.5 Å². The van der Waals surface area contributed by atoms with Crippen molar-refractivity contribution in [2.75, 3.05) is 18.6 Å². The first kappa shape index (κ1) is 18.2. The van der Waals surface area contributed by atoms with Gasteiger partial charge < -0.3 is 5.32 Å². The first-order valence-corrected chi connectivity index (χ1v) is 9.79. The van der Waals surface area contributed by atoms with E-state index in [4.69, 9.17) is 5.14 Å². The minimum absolute atomic E-state index is 0.0945. The van der Waals surface area contributed by atoms with Crippen LogP contribution in [0.3, 0.4) is 0 Å². The Morgan fingerprint density at radius 1 is 1.48 bits per heavy atom. The lowest BCUT2D eigenvalue weighted by Crippen LogP contribution is -2.26. The highest BCUT2D eigenvalue weighted by Crippen LogP contribution is 2.26. The number of nitrogens with one attached hydrogen (secondary N) is 1. The Bertz CT molecular complexity index is 679. The summed E-state index contributed by atoms with van der Waals surface area (Å²) in [6, 6.07) is 1.64. The fourth-order valence-electron chi connectivity index (χ4n) is 1.51. The fraction of sp³-hybridized carbons (Fsp3) is 0.364. The average molecular weight is 401 g/mol. The number of sulfonamides is 1. The van der Waals surface area contributed by atoms with Gasteiger partial charge in [-0.3, -0.25) is 9.00 Å². The van der Waals surface area contributed by atoms with Crippen molar-refractivity contribution in [2.24, 2.45) is 5.14 Å². The third-order valence-corrected chi connectivity index (χ3v) is 5.36. The van der Waals surface area contributed by atoms with Gasteiger partial charge in [0.05, 0.1) is 14.9 Å². The maximum absolute atomic E-state index is 13.4. The van der Waals surface area contributed by atoms with Gasteiger partial charge in [-0.2, -0.15) is 0 Å². The van der Waals surface area contributed by atoms with E-state index in [1.165, 1.54) is 0 Å². The van der Waals surface area contributed by atoms with Crippen molar-refractivity contribution in [3.63, 3.8) is 0 Å². The van der Waals surface area contributed by atoms with Crippen molar-refractivity contribution in [3.8, 4) is 0 Å². The van der Waals surface area contributed by atoms with E-state index >= 15 is 0 Å². The first-order chi connectivity index (χ1) is 9.62. The molecule has 10 heteroatoms.